The zero-order valence-corrected chi connectivity index (χ0v) is 11.6. The van der Waals surface area contributed by atoms with Gasteiger partial charge in [-0.1, -0.05) is 0 Å². The second-order valence-corrected chi connectivity index (χ2v) is 5.56. The van der Waals surface area contributed by atoms with E-state index < -0.39 is 0 Å². The van der Waals surface area contributed by atoms with Crippen molar-refractivity contribution in [2.24, 2.45) is 0 Å². The smallest absolute Gasteiger partial charge is 0.244 e. The highest BCUT2D eigenvalue weighted by molar-refractivity contribution is 5.30. The number of aromatic nitrogens is 3. The van der Waals surface area contributed by atoms with Crippen molar-refractivity contribution in [3.05, 3.63) is 5.82 Å². The van der Waals surface area contributed by atoms with Gasteiger partial charge in [0.15, 0.2) is 0 Å². The summed E-state index contributed by atoms with van der Waals surface area (Å²) in [6.07, 6.45) is 4.79. The fourth-order valence-corrected chi connectivity index (χ4v) is 2.82. The number of anilines is 1. The van der Waals surface area contributed by atoms with Gasteiger partial charge in [-0.3, -0.25) is 5.10 Å². The van der Waals surface area contributed by atoms with Gasteiger partial charge in [-0.2, -0.15) is 4.98 Å². The molecule has 1 aromatic rings. The van der Waals surface area contributed by atoms with Crippen molar-refractivity contribution in [2.45, 2.75) is 44.8 Å². The SMILES string of the molecule is C[C@@H]1CN(c2n[nH]c(CCC3CCCO3)n2)CCN1. The fraction of sp³-hybridized carbons (Fsp3) is 0.846. The summed E-state index contributed by atoms with van der Waals surface area (Å²) in [5.41, 5.74) is 0. The van der Waals surface area contributed by atoms with Crippen molar-refractivity contribution in [3.63, 3.8) is 0 Å². The van der Waals surface area contributed by atoms with Crippen LogP contribution in [0.2, 0.25) is 0 Å². The molecule has 1 aromatic heterocycles. The van der Waals surface area contributed by atoms with E-state index in [0.717, 1.165) is 50.9 Å². The molecule has 2 atom stereocenters. The first-order valence-electron chi connectivity index (χ1n) is 7.32. The van der Waals surface area contributed by atoms with Crippen molar-refractivity contribution in [3.8, 4) is 0 Å². The summed E-state index contributed by atoms with van der Waals surface area (Å²) in [5.74, 6) is 1.83. The van der Waals surface area contributed by atoms with Crippen molar-refractivity contribution in [1.29, 1.82) is 0 Å². The number of aryl methyl sites for hydroxylation is 1. The van der Waals surface area contributed by atoms with Crippen LogP contribution >= 0.6 is 0 Å². The Balaban J connectivity index is 1.53. The number of rotatable bonds is 4. The van der Waals surface area contributed by atoms with E-state index >= 15 is 0 Å². The average molecular weight is 265 g/mol. The highest BCUT2D eigenvalue weighted by atomic mass is 16.5. The lowest BCUT2D eigenvalue weighted by Gasteiger charge is -2.30. The van der Waals surface area contributed by atoms with Crippen LogP contribution in [0.25, 0.3) is 0 Å². The van der Waals surface area contributed by atoms with E-state index in [1.807, 2.05) is 0 Å². The third-order valence-electron chi connectivity index (χ3n) is 3.90. The maximum absolute atomic E-state index is 5.63. The van der Waals surface area contributed by atoms with Crippen LogP contribution in [0.1, 0.15) is 32.0 Å². The molecule has 0 aromatic carbocycles. The zero-order chi connectivity index (χ0) is 13.1. The molecule has 2 saturated heterocycles. The third kappa shape index (κ3) is 3.25. The molecule has 0 radical (unpaired) electrons. The minimum Gasteiger partial charge on any atom is -0.378 e. The first-order chi connectivity index (χ1) is 9.31. The van der Waals surface area contributed by atoms with Crippen LogP contribution in [-0.4, -0.2) is 53.6 Å². The summed E-state index contributed by atoms with van der Waals surface area (Å²) in [7, 11) is 0. The van der Waals surface area contributed by atoms with Crippen molar-refractivity contribution in [1.82, 2.24) is 20.5 Å². The molecule has 6 heteroatoms. The number of nitrogens with zero attached hydrogens (tertiary/aromatic N) is 3. The first-order valence-corrected chi connectivity index (χ1v) is 7.32. The molecule has 0 amide bonds. The minimum atomic E-state index is 0.424. The van der Waals surface area contributed by atoms with Gasteiger partial charge in [-0.25, -0.2) is 0 Å². The summed E-state index contributed by atoms with van der Waals surface area (Å²) in [6.45, 7) is 6.07. The summed E-state index contributed by atoms with van der Waals surface area (Å²) in [5, 5.41) is 10.8. The molecule has 0 saturated carbocycles. The summed E-state index contributed by atoms with van der Waals surface area (Å²) in [4.78, 5) is 6.85. The lowest BCUT2D eigenvalue weighted by molar-refractivity contribution is 0.104. The minimum absolute atomic E-state index is 0.424. The Morgan fingerprint density at radius 1 is 1.47 bits per heavy atom. The van der Waals surface area contributed by atoms with Crippen LogP contribution in [0.5, 0.6) is 0 Å². The van der Waals surface area contributed by atoms with Gasteiger partial charge in [0.1, 0.15) is 5.82 Å². The predicted octanol–water partition coefficient (Wildman–Crippen LogP) is 0.714. The molecule has 0 bridgehead atoms. The van der Waals surface area contributed by atoms with Crippen molar-refractivity contribution in [2.75, 3.05) is 31.1 Å². The average Bonchev–Trinajstić information content (AvgIpc) is 3.08. The van der Waals surface area contributed by atoms with Gasteiger partial charge >= 0.3 is 0 Å². The summed E-state index contributed by atoms with van der Waals surface area (Å²) in [6, 6.07) is 0.502. The topological polar surface area (TPSA) is 66.1 Å². The Morgan fingerprint density at radius 2 is 2.42 bits per heavy atom. The monoisotopic (exact) mass is 265 g/mol. The van der Waals surface area contributed by atoms with Crippen molar-refractivity contribution < 1.29 is 4.74 Å². The largest absolute Gasteiger partial charge is 0.378 e. The van der Waals surface area contributed by atoms with Crippen LogP contribution in [-0.2, 0) is 11.2 Å². The summed E-state index contributed by atoms with van der Waals surface area (Å²) < 4.78 is 5.63. The number of piperazine rings is 1. The standard InChI is InChI=1S/C13H23N5O/c1-10-9-18(7-6-14-10)13-15-12(16-17-13)5-4-11-3-2-8-19-11/h10-11,14H,2-9H2,1H3,(H,15,16,17)/t10-,11?/m1/s1. The van der Waals surface area contributed by atoms with Crippen LogP contribution in [0, 0.1) is 0 Å². The maximum atomic E-state index is 5.63. The van der Waals surface area contributed by atoms with Crippen LogP contribution < -0.4 is 10.2 Å². The maximum Gasteiger partial charge on any atom is 0.244 e. The molecule has 0 aliphatic carbocycles. The number of nitrogens with one attached hydrogen (secondary N) is 2. The second kappa shape index (κ2) is 5.88. The van der Waals surface area contributed by atoms with Crippen molar-refractivity contribution >= 4 is 5.95 Å². The normalized spacial score (nSPS) is 27.9. The molecule has 2 fully saturated rings. The van der Waals surface area contributed by atoms with Gasteiger partial charge in [0, 0.05) is 38.7 Å². The molecule has 0 spiro atoms. The number of hydrogen-bond acceptors (Lipinski definition) is 5. The van der Waals surface area contributed by atoms with Crippen LogP contribution in [0.3, 0.4) is 0 Å². The first kappa shape index (κ1) is 12.9. The molecule has 106 valence electrons. The van der Waals surface area contributed by atoms with Crippen LogP contribution in [0.15, 0.2) is 0 Å². The molecule has 19 heavy (non-hydrogen) atoms. The van der Waals surface area contributed by atoms with E-state index in [2.05, 4.69) is 32.3 Å². The predicted molar refractivity (Wildman–Crippen MR) is 73.4 cm³/mol. The van der Waals surface area contributed by atoms with E-state index in [9.17, 15) is 0 Å². The van der Waals surface area contributed by atoms with Gasteiger partial charge in [0.25, 0.3) is 0 Å². The Kier molecular flexibility index (Phi) is 3.98. The molecular weight excluding hydrogens is 242 g/mol. The van der Waals surface area contributed by atoms with Crippen LogP contribution in [0.4, 0.5) is 5.95 Å². The molecule has 2 N–H and O–H groups in total. The van der Waals surface area contributed by atoms with Gasteiger partial charge in [-0.15, -0.1) is 5.10 Å². The molecule has 6 nitrogen and oxygen atoms in total. The zero-order valence-electron chi connectivity index (χ0n) is 11.6. The Morgan fingerprint density at radius 3 is 3.21 bits per heavy atom. The van der Waals surface area contributed by atoms with E-state index in [0.29, 0.717) is 12.1 Å². The third-order valence-corrected chi connectivity index (χ3v) is 3.90. The molecule has 1 unspecified atom stereocenters. The number of hydrogen-bond donors (Lipinski definition) is 2. The highest BCUT2D eigenvalue weighted by Gasteiger charge is 2.20. The summed E-state index contributed by atoms with van der Waals surface area (Å²) >= 11 is 0. The molecule has 3 rings (SSSR count). The number of aromatic amines is 1. The number of ether oxygens (including phenoxy) is 1. The van der Waals surface area contributed by atoms with Gasteiger partial charge < -0.3 is 15.0 Å². The number of H-pyrrole nitrogens is 1. The van der Waals surface area contributed by atoms with E-state index in [-0.39, 0.29) is 0 Å². The Labute approximate surface area is 113 Å². The highest BCUT2D eigenvalue weighted by Crippen LogP contribution is 2.17. The van der Waals surface area contributed by atoms with Gasteiger partial charge in [-0.05, 0) is 26.2 Å². The fourth-order valence-electron chi connectivity index (χ4n) is 2.82. The van der Waals surface area contributed by atoms with Gasteiger partial charge in [0.2, 0.25) is 5.95 Å². The Hall–Kier alpha value is -1.14. The van der Waals surface area contributed by atoms with E-state index in [1.165, 1.54) is 12.8 Å². The lowest BCUT2D eigenvalue weighted by atomic mass is 10.1. The molecule has 2 aliphatic heterocycles. The second-order valence-electron chi connectivity index (χ2n) is 5.56. The van der Waals surface area contributed by atoms with E-state index in [1.54, 1.807) is 0 Å². The molecule has 2 aliphatic rings. The Bertz CT molecular complexity index is 401. The van der Waals surface area contributed by atoms with Gasteiger partial charge in [0.05, 0.1) is 6.10 Å². The molecule has 3 heterocycles. The lowest BCUT2D eigenvalue weighted by Crippen LogP contribution is -2.49. The van der Waals surface area contributed by atoms with E-state index in [4.69, 9.17) is 4.74 Å². The quantitative estimate of drug-likeness (QED) is 0.839. The molecular formula is C13H23N5O.